The number of benzene rings is 1. The van der Waals surface area contributed by atoms with Gasteiger partial charge >= 0.3 is 5.69 Å². The predicted molar refractivity (Wildman–Crippen MR) is 162 cm³/mol. The van der Waals surface area contributed by atoms with E-state index >= 15 is 0 Å². The molecular weight excluding hydrogens is 550 g/mol. The van der Waals surface area contributed by atoms with Crippen molar-refractivity contribution in [3.05, 3.63) is 62.6 Å². The molecule has 1 aromatic carbocycles. The Balaban J connectivity index is 0.000000153. The summed E-state index contributed by atoms with van der Waals surface area (Å²) >= 11 is 0. The maximum atomic E-state index is 12.6. The van der Waals surface area contributed by atoms with Crippen molar-refractivity contribution < 1.29 is 19.7 Å². The van der Waals surface area contributed by atoms with Gasteiger partial charge in [-0.05, 0) is 64.3 Å². The zero-order chi connectivity index (χ0) is 30.6. The van der Waals surface area contributed by atoms with E-state index in [1.165, 1.54) is 20.3 Å². The molecule has 230 valence electrons. The van der Waals surface area contributed by atoms with Gasteiger partial charge in [-0.2, -0.15) is 0 Å². The number of fused-ring (bicyclic) bond motifs is 1. The van der Waals surface area contributed by atoms with Crippen LogP contribution in [-0.4, -0.2) is 71.4 Å². The third-order valence-corrected chi connectivity index (χ3v) is 9.88. The molecule has 2 aliphatic carbocycles. The minimum Gasteiger partial charge on any atom is -0.504 e. The van der Waals surface area contributed by atoms with Gasteiger partial charge in [0.15, 0.2) is 22.7 Å². The second-order valence-electron chi connectivity index (χ2n) is 12.5. The molecule has 11 nitrogen and oxygen atoms in total. The summed E-state index contributed by atoms with van der Waals surface area (Å²) in [6, 6.07) is 4.23. The fourth-order valence-electron chi connectivity index (χ4n) is 7.81. The summed E-state index contributed by atoms with van der Waals surface area (Å²) in [5.74, 6) is 1.31. The summed E-state index contributed by atoms with van der Waals surface area (Å²) in [7, 11) is 3.81. The highest BCUT2D eigenvalue weighted by Gasteiger charge is 2.64. The van der Waals surface area contributed by atoms with Gasteiger partial charge in [0.1, 0.15) is 18.0 Å². The number of phenolic OH excluding ortho intramolecular Hbond substituents is 1. The number of unbranched alkanes of at least 4 members (excludes halogenated alkanes) is 1. The average Bonchev–Trinajstić information content (AvgIpc) is 3.56. The third-order valence-electron chi connectivity index (χ3n) is 9.88. The monoisotopic (exact) mass is 591 g/mol. The van der Waals surface area contributed by atoms with Crippen LogP contribution in [0.1, 0.15) is 57.1 Å². The van der Waals surface area contributed by atoms with Crippen molar-refractivity contribution in [3.63, 3.8) is 0 Å². The van der Waals surface area contributed by atoms with Gasteiger partial charge in [0, 0.05) is 49.5 Å². The molecule has 0 radical (unpaired) electrons. The van der Waals surface area contributed by atoms with Crippen molar-refractivity contribution in [2.45, 2.75) is 89.1 Å². The van der Waals surface area contributed by atoms with E-state index in [1.54, 1.807) is 30.9 Å². The number of aliphatic hydroxyl groups is 1. The second-order valence-corrected chi connectivity index (χ2v) is 12.5. The lowest BCUT2D eigenvalue weighted by Crippen LogP contribution is -2.64. The quantitative estimate of drug-likeness (QED) is 0.316. The van der Waals surface area contributed by atoms with E-state index in [1.807, 2.05) is 19.1 Å². The van der Waals surface area contributed by atoms with Crippen LogP contribution < -0.4 is 16.0 Å². The molecule has 3 aromatic rings. The number of aliphatic hydroxyl groups excluding tert-OH is 1. The van der Waals surface area contributed by atoms with Crippen molar-refractivity contribution in [3.8, 4) is 11.5 Å². The number of ketones is 1. The van der Waals surface area contributed by atoms with Gasteiger partial charge in [0.05, 0.1) is 6.33 Å². The first-order chi connectivity index (χ1) is 20.6. The summed E-state index contributed by atoms with van der Waals surface area (Å²) in [6.07, 6.45) is 9.45. The Morgan fingerprint density at radius 1 is 1.16 bits per heavy atom. The number of likely N-dealkylation sites (tertiary alicyclic amines) is 1. The Morgan fingerprint density at radius 2 is 1.95 bits per heavy atom. The van der Waals surface area contributed by atoms with E-state index < -0.39 is 6.10 Å². The van der Waals surface area contributed by atoms with Gasteiger partial charge in [0.25, 0.3) is 5.56 Å². The van der Waals surface area contributed by atoms with Crippen molar-refractivity contribution in [1.29, 1.82) is 0 Å². The van der Waals surface area contributed by atoms with Crippen LogP contribution >= 0.6 is 0 Å². The topological polar surface area (TPSA) is 132 Å². The zero-order valence-corrected chi connectivity index (χ0v) is 25.3. The number of ether oxygens (including phenoxy) is 1. The summed E-state index contributed by atoms with van der Waals surface area (Å²) in [5.41, 5.74) is 2.52. The van der Waals surface area contributed by atoms with Crippen LogP contribution in [-0.2, 0) is 36.8 Å². The first kappa shape index (κ1) is 29.4. The van der Waals surface area contributed by atoms with Crippen molar-refractivity contribution in [1.82, 2.24) is 23.6 Å². The molecular formula is C32H41N5O6. The molecule has 4 aliphatic rings. The number of aromatic nitrogens is 4. The summed E-state index contributed by atoms with van der Waals surface area (Å²) < 4.78 is 10.5. The van der Waals surface area contributed by atoms with Crippen molar-refractivity contribution in [2.24, 2.45) is 13.0 Å². The number of nitrogens with zero attached hydrogens (tertiary/aromatic N) is 5. The van der Waals surface area contributed by atoms with E-state index in [0.29, 0.717) is 61.2 Å². The predicted octanol–water partition coefficient (Wildman–Crippen LogP) is 2.26. The number of likely N-dealkylation sites (N-methyl/N-ethyl adjacent to an activating group) is 1. The zero-order valence-electron chi connectivity index (χ0n) is 25.3. The number of piperidine rings is 1. The number of hydrogen-bond donors (Lipinski definition) is 2. The van der Waals surface area contributed by atoms with Crippen LogP contribution in [0, 0.1) is 5.92 Å². The molecule has 2 aliphatic heterocycles. The Kier molecular flexibility index (Phi) is 7.58. The first-order valence-corrected chi connectivity index (χ1v) is 15.3. The standard InChI is InChI=1S/C17H19NO3.C15H22N4O3/c1-18-7-6-17-10-3-5-13(20)16(17)21-15-12(19)4-2-9(14(15)17)8-11(10)18;1-4-8-18-10-16-13-12(18)14(21)19(15(22)17(13)3)9-6-5-7-11(2)20/h2-5,10-11,13,16,19-20H,6-8H2,1H3;10H,4-9H2,1-3H3/t10-,11+,13-,16-,17-;/m0./s1. The lowest BCUT2D eigenvalue weighted by atomic mass is 9.53. The lowest BCUT2D eigenvalue weighted by Gasteiger charge is -2.56. The van der Waals surface area contributed by atoms with Gasteiger partial charge in [-0.3, -0.25) is 13.9 Å². The summed E-state index contributed by atoms with van der Waals surface area (Å²) in [5, 5.41) is 20.6. The van der Waals surface area contributed by atoms with Crippen molar-refractivity contribution >= 4 is 16.9 Å². The fourth-order valence-corrected chi connectivity index (χ4v) is 7.81. The van der Waals surface area contributed by atoms with E-state index in [0.717, 1.165) is 25.8 Å². The number of aromatic hydroxyl groups is 1. The molecule has 1 fully saturated rings. The smallest absolute Gasteiger partial charge is 0.332 e. The highest BCUT2D eigenvalue weighted by atomic mass is 16.5. The van der Waals surface area contributed by atoms with Crippen LogP contribution in [0.4, 0.5) is 0 Å². The molecule has 7 rings (SSSR count). The third kappa shape index (κ3) is 4.55. The van der Waals surface area contributed by atoms with E-state index in [2.05, 4.69) is 23.0 Å². The summed E-state index contributed by atoms with van der Waals surface area (Å²) in [4.78, 5) is 42.5. The summed E-state index contributed by atoms with van der Waals surface area (Å²) in [6.45, 7) is 5.59. The number of carbonyl (C=O) groups excluding carboxylic acids is 1. The van der Waals surface area contributed by atoms with E-state index in [-0.39, 0.29) is 34.3 Å². The molecule has 2 aromatic heterocycles. The van der Waals surface area contributed by atoms with Crippen LogP contribution in [0.5, 0.6) is 11.5 Å². The van der Waals surface area contributed by atoms with Crippen LogP contribution in [0.25, 0.3) is 11.2 Å². The highest BCUT2D eigenvalue weighted by molar-refractivity contribution is 5.75. The normalized spacial score (nSPS) is 26.5. The first-order valence-electron chi connectivity index (χ1n) is 15.3. The highest BCUT2D eigenvalue weighted by Crippen LogP contribution is 2.62. The van der Waals surface area contributed by atoms with Gasteiger partial charge < -0.3 is 29.2 Å². The minimum atomic E-state index is -0.594. The average molecular weight is 592 g/mol. The number of carbonyl (C=O) groups is 1. The molecule has 4 heterocycles. The molecule has 11 heteroatoms. The number of imidazole rings is 1. The molecule has 0 amide bonds. The molecule has 2 bridgehead atoms. The number of aryl methyl sites for hydroxylation is 2. The van der Waals surface area contributed by atoms with Gasteiger partial charge in [-0.15, -0.1) is 0 Å². The largest absolute Gasteiger partial charge is 0.504 e. The Labute approximate surface area is 250 Å². The van der Waals surface area contributed by atoms with Crippen LogP contribution in [0.2, 0.25) is 0 Å². The Morgan fingerprint density at radius 3 is 2.70 bits per heavy atom. The maximum Gasteiger partial charge on any atom is 0.332 e. The molecule has 2 N–H and O–H groups in total. The van der Waals surface area contributed by atoms with Gasteiger partial charge in [0.2, 0.25) is 0 Å². The van der Waals surface area contributed by atoms with Crippen LogP contribution in [0.3, 0.4) is 0 Å². The van der Waals surface area contributed by atoms with E-state index in [4.69, 9.17) is 4.74 Å². The molecule has 5 atom stereocenters. The number of Topliss-reactive ketones (excluding diaryl/α,β-unsaturated/α-hetero) is 1. The molecule has 1 saturated heterocycles. The Bertz CT molecular complexity index is 1720. The number of hydrogen-bond acceptors (Lipinski definition) is 8. The second kappa shape index (κ2) is 11.1. The Hall–Kier alpha value is -3.70. The molecule has 0 saturated carbocycles. The lowest BCUT2D eigenvalue weighted by molar-refractivity contribution is -0.117. The van der Waals surface area contributed by atoms with Crippen molar-refractivity contribution in [2.75, 3.05) is 13.6 Å². The number of phenols is 1. The van der Waals surface area contributed by atoms with E-state index in [9.17, 15) is 24.6 Å². The fraction of sp³-hybridized carbons (Fsp3) is 0.562. The molecule has 0 unspecified atom stereocenters. The van der Waals surface area contributed by atoms with Gasteiger partial charge in [-0.1, -0.05) is 25.1 Å². The molecule has 43 heavy (non-hydrogen) atoms. The maximum absolute atomic E-state index is 12.6. The minimum absolute atomic E-state index is 0.122. The number of rotatable bonds is 7. The SMILES string of the molecule is CCCn1cnc2c1c(=O)n(CCCCC(C)=O)c(=O)n2C.CN1CC[C@]23c4c5ccc(O)c4O[C@H]2[C@@H](O)C=C[C@H]3[C@H]1C5. The van der Waals surface area contributed by atoms with Crippen LogP contribution in [0.15, 0.2) is 40.2 Å². The molecule has 1 spiro atoms. The van der Waals surface area contributed by atoms with Gasteiger partial charge in [-0.25, -0.2) is 9.78 Å².